The van der Waals surface area contributed by atoms with Crippen molar-refractivity contribution in [1.29, 1.82) is 0 Å². The summed E-state index contributed by atoms with van der Waals surface area (Å²) >= 11 is 0. The third-order valence-electron chi connectivity index (χ3n) is 1.70. The maximum Gasteiger partial charge on any atom is 0.126 e. The van der Waals surface area contributed by atoms with Crippen LogP contribution in [-0.2, 0) is 4.79 Å². The van der Waals surface area contributed by atoms with Crippen LogP contribution in [0.3, 0.4) is 0 Å². The first-order valence-corrected chi connectivity index (χ1v) is 4.52. The van der Waals surface area contributed by atoms with E-state index in [1.165, 1.54) is 0 Å². The van der Waals surface area contributed by atoms with Crippen LogP contribution in [0, 0.1) is 5.92 Å². The summed E-state index contributed by atoms with van der Waals surface area (Å²) in [7, 11) is 0. The molecule has 2 unspecified atom stereocenters. The first kappa shape index (κ1) is 11.4. The molecule has 2 heteroatoms. The Kier molecular flexibility index (Phi) is 6.67. The number of aliphatic hydroxyl groups is 1. The minimum absolute atomic E-state index is 0.0822. The highest BCUT2D eigenvalue weighted by molar-refractivity contribution is 5.55. The Labute approximate surface area is 74.3 Å². The van der Waals surface area contributed by atoms with Gasteiger partial charge in [0.05, 0.1) is 6.10 Å². The molecule has 0 aliphatic carbocycles. The lowest BCUT2D eigenvalue weighted by Crippen LogP contribution is -2.02. The maximum absolute atomic E-state index is 10.2. The van der Waals surface area contributed by atoms with E-state index in [1.54, 1.807) is 19.1 Å². The van der Waals surface area contributed by atoms with Crippen LogP contribution in [0.4, 0.5) is 0 Å². The van der Waals surface area contributed by atoms with Gasteiger partial charge in [0.15, 0.2) is 0 Å². The highest BCUT2D eigenvalue weighted by Crippen LogP contribution is 2.03. The van der Waals surface area contributed by atoms with Gasteiger partial charge in [-0.15, -0.1) is 0 Å². The normalized spacial score (nSPS) is 16.2. The molecule has 0 bridgehead atoms. The molecule has 2 atom stereocenters. The Morgan fingerprint density at radius 3 is 2.58 bits per heavy atom. The zero-order valence-corrected chi connectivity index (χ0v) is 7.86. The topological polar surface area (TPSA) is 37.3 Å². The van der Waals surface area contributed by atoms with Gasteiger partial charge < -0.3 is 9.90 Å². The van der Waals surface area contributed by atoms with E-state index in [1.807, 2.05) is 0 Å². The predicted molar refractivity (Wildman–Crippen MR) is 49.9 cm³/mol. The average molecular weight is 170 g/mol. The van der Waals surface area contributed by atoms with Crippen molar-refractivity contribution in [2.45, 2.75) is 39.2 Å². The van der Waals surface area contributed by atoms with Gasteiger partial charge in [-0.2, -0.15) is 0 Å². The van der Waals surface area contributed by atoms with Crippen molar-refractivity contribution in [2.24, 2.45) is 5.92 Å². The van der Waals surface area contributed by atoms with Gasteiger partial charge >= 0.3 is 0 Å². The fourth-order valence-electron chi connectivity index (χ4n) is 0.858. The van der Waals surface area contributed by atoms with Crippen LogP contribution < -0.4 is 0 Å². The summed E-state index contributed by atoms with van der Waals surface area (Å²) in [5.41, 5.74) is 0. The van der Waals surface area contributed by atoms with Crippen molar-refractivity contribution >= 4 is 6.29 Å². The minimum Gasteiger partial charge on any atom is -0.389 e. The maximum atomic E-state index is 10.2. The first-order valence-electron chi connectivity index (χ1n) is 4.52. The standard InChI is InChI=1S/C10H18O2/c1-3-4-5-10(12)7-6-9(2)8-11/h6-10,12H,3-5H2,1-2H3. The van der Waals surface area contributed by atoms with Crippen LogP contribution in [0.5, 0.6) is 0 Å². The second-order valence-corrected chi connectivity index (χ2v) is 3.09. The molecule has 2 nitrogen and oxygen atoms in total. The molecule has 1 N–H and O–H groups in total. The number of carbonyl (C=O) groups excluding carboxylic acids is 1. The minimum atomic E-state index is -0.382. The molecule has 0 amide bonds. The van der Waals surface area contributed by atoms with Gasteiger partial charge in [-0.25, -0.2) is 0 Å². The third kappa shape index (κ3) is 6.10. The summed E-state index contributed by atoms with van der Waals surface area (Å²) in [6.07, 6.45) is 6.84. The van der Waals surface area contributed by atoms with Gasteiger partial charge in [0.25, 0.3) is 0 Å². The number of aldehydes is 1. The molecule has 0 aromatic heterocycles. The SMILES string of the molecule is CCCCC(O)C=CC(C)C=O. The number of hydrogen-bond donors (Lipinski definition) is 1. The molecule has 0 saturated carbocycles. The predicted octanol–water partition coefficient (Wildman–Crippen LogP) is 1.93. The molecule has 0 radical (unpaired) electrons. The number of rotatable bonds is 6. The second-order valence-electron chi connectivity index (χ2n) is 3.09. The highest BCUT2D eigenvalue weighted by atomic mass is 16.3. The molecule has 0 spiro atoms. The monoisotopic (exact) mass is 170 g/mol. The van der Waals surface area contributed by atoms with Crippen molar-refractivity contribution in [3.63, 3.8) is 0 Å². The Bertz CT molecular complexity index is 141. The Morgan fingerprint density at radius 1 is 1.42 bits per heavy atom. The Balaban J connectivity index is 3.59. The summed E-state index contributed by atoms with van der Waals surface area (Å²) in [5, 5.41) is 9.32. The number of carbonyl (C=O) groups is 1. The highest BCUT2D eigenvalue weighted by Gasteiger charge is 1.98. The molecule has 0 aromatic rings. The largest absolute Gasteiger partial charge is 0.389 e. The van der Waals surface area contributed by atoms with Gasteiger partial charge in [0, 0.05) is 5.92 Å². The summed E-state index contributed by atoms with van der Waals surface area (Å²) in [5.74, 6) is -0.0822. The van der Waals surface area contributed by atoms with Gasteiger partial charge in [-0.3, -0.25) is 0 Å². The summed E-state index contributed by atoms with van der Waals surface area (Å²) < 4.78 is 0. The van der Waals surface area contributed by atoms with Crippen molar-refractivity contribution in [3.05, 3.63) is 12.2 Å². The van der Waals surface area contributed by atoms with Crippen LogP contribution in [0.25, 0.3) is 0 Å². The van der Waals surface area contributed by atoms with Crippen molar-refractivity contribution in [2.75, 3.05) is 0 Å². The molecular formula is C10H18O2. The summed E-state index contributed by atoms with van der Waals surface area (Å²) in [4.78, 5) is 10.2. The molecule has 0 aliphatic rings. The van der Waals surface area contributed by atoms with Gasteiger partial charge in [-0.05, 0) is 6.42 Å². The summed E-state index contributed by atoms with van der Waals surface area (Å²) in [6.45, 7) is 3.89. The zero-order chi connectivity index (χ0) is 9.40. The molecule has 0 rings (SSSR count). The van der Waals surface area contributed by atoms with Crippen molar-refractivity contribution in [1.82, 2.24) is 0 Å². The fraction of sp³-hybridized carbons (Fsp3) is 0.700. The van der Waals surface area contributed by atoms with Crippen LogP contribution in [-0.4, -0.2) is 17.5 Å². The Hall–Kier alpha value is -0.630. The molecule has 0 fully saturated rings. The van der Waals surface area contributed by atoms with Crippen LogP contribution in [0.15, 0.2) is 12.2 Å². The third-order valence-corrected chi connectivity index (χ3v) is 1.70. The molecule has 0 heterocycles. The lowest BCUT2D eigenvalue weighted by molar-refractivity contribution is -0.109. The van der Waals surface area contributed by atoms with E-state index < -0.39 is 0 Å². The zero-order valence-electron chi connectivity index (χ0n) is 7.86. The van der Waals surface area contributed by atoms with Crippen LogP contribution in [0.1, 0.15) is 33.1 Å². The number of hydrogen-bond acceptors (Lipinski definition) is 2. The fourth-order valence-corrected chi connectivity index (χ4v) is 0.858. The first-order chi connectivity index (χ1) is 5.70. The smallest absolute Gasteiger partial charge is 0.126 e. The molecular weight excluding hydrogens is 152 g/mol. The van der Waals surface area contributed by atoms with Gasteiger partial charge in [0.2, 0.25) is 0 Å². The summed E-state index contributed by atoms with van der Waals surface area (Å²) in [6, 6.07) is 0. The van der Waals surface area contributed by atoms with E-state index in [-0.39, 0.29) is 12.0 Å². The number of allylic oxidation sites excluding steroid dienone is 1. The van der Waals surface area contributed by atoms with E-state index in [2.05, 4.69) is 6.92 Å². The van der Waals surface area contributed by atoms with Crippen molar-refractivity contribution in [3.8, 4) is 0 Å². The van der Waals surface area contributed by atoms with E-state index >= 15 is 0 Å². The van der Waals surface area contributed by atoms with Crippen LogP contribution in [0.2, 0.25) is 0 Å². The van der Waals surface area contributed by atoms with Crippen molar-refractivity contribution < 1.29 is 9.90 Å². The van der Waals surface area contributed by atoms with E-state index in [9.17, 15) is 9.90 Å². The molecule has 12 heavy (non-hydrogen) atoms. The number of unbranched alkanes of at least 4 members (excludes halogenated alkanes) is 1. The Morgan fingerprint density at radius 2 is 2.08 bits per heavy atom. The molecule has 0 saturated heterocycles. The van der Waals surface area contributed by atoms with E-state index in [0.29, 0.717) is 0 Å². The quantitative estimate of drug-likeness (QED) is 0.488. The second kappa shape index (κ2) is 7.04. The lowest BCUT2D eigenvalue weighted by Gasteiger charge is -2.03. The van der Waals surface area contributed by atoms with Gasteiger partial charge in [-0.1, -0.05) is 38.8 Å². The van der Waals surface area contributed by atoms with Crippen LogP contribution >= 0.6 is 0 Å². The van der Waals surface area contributed by atoms with Gasteiger partial charge in [0.1, 0.15) is 6.29 Å². The molecule has 0 aliphatic heterocycles. The lowest BCUT2D eigenvalue weighted by atomic mass is 10.1. The van der Waals surface area contributed by atoms with E-state index in [4.69, 9.17) is 0 Å². The number of aliphatic hydroxyl groups excluding tert-OH is 1. The average Bonchev–Trinajstić information content (AvgIpc) is 2.10. The van der Waals surface area contributed by atoms with E-state index in [0.717, 1.165) is 25.5 Å². The molecule has 0 aromatic carbocycles. The molecule has 70 valence electrons.